The Balaban J connectivity index is 2.47. The first-order valence-corrected chi connectivity index (χ1v) is 4.51. The Morgan fingerprint density at radius 1 is 1.62 bits per heavy atom. The maximum Gasteiger partial charge on any atom is 0.145 e. The Labute approximate surface area is 77.7 Å². The van der Waals surface area contributed by atoms with Gasteiger partial charge in [-0.2, -0.15) is 5.10 Å². The van der Waals surface area contributed by atoms with E-state index in [-0.39, 0.29) is 5.41 Å². The summed E-state index contributed by atoms with van der Waals surface area (Å²) >= 11 is 0. The molecule has 2 N–H and O–H groups in total. The van der Waals surface area contributed by atoms with Crippen molar-refractivity contribution in [3.8, 4) is 0 Å². The molecule has 72 valence electrons. The number of hydrogen-bond acceptors (Lipinski definition) is 3. The number of aromatic nitrogens is 2. The van der Waals surface area contributed by atoms with Gasteiger partial charge in [-0.25, -0.2) is 0 Å². The summed E-state index contributed by atoms with van der Waals surface area (Å²) in [5, 5.41) is 4.22. The van der Waals surface area contributed by atoms with Crippen molar-refractivity contribution in [3.63, 3.8) is 0 Å². The highest BCUT2D eigenvalue weighted by Gasteiger charge is 2.28. The van der Waals surface area contributed by atoms with Gasteiger partial charge in [-0.05, 0) is 0 Å². The van der Waals surface area contributed by atoms with Gasteiger partial charge in [-0.1, -0.05) is 13.8 Å². The number of anilines is 1. The minimum absolute atomic E-state index is 0.0150. The van der Waals surface area contributed by atoms with E-state index in [1.54, 1.807) is 0 Å². The molecule has 0 unspecified atom stereocenters. The molecule has 4 heteroatoms. The first kappa shape index (κ1) is 8.56. The van der Waals surface area contributed by atoms with Crippen molar-refractivity contribution in [1.82, 2.24) is 9.78 Å². The predicted molar refractivity (Wildman–Crippen MR) is 50.5 cm³/mol. The van der Waals surface area contributed by atoms with Gasteiger partial charge in [0.15, 0.2) is 0 Å². The van der Waals surface area contributed by atoms with E-state index >= 15 is 0 Å². The van der Waals surface area contributed by atoms with Gasteiger partial charge >= 0.3 is 0 Å². The molecular formula is C9H15N3O. The number of nitrogens with two attached hydrogens (primary N) is 1. The van der Waals surface area contributed by atoms with E-state index in [1.165, 1.54) is 5.69 Å². The second-order valence-electron chi connectivity index (χ2n) is 4.11. The van der Waals surface area contributed by atoms with Crippen LogP contribution in [0.5, 0.6) is 0 Å². The molecule has 0 aliphatic carbocycles. The third-order valence-corrected chi connectivity index (χ3v) is 2.40. The molecule has 0 aromatic carbocycles. The van der Waals surface area contributed by atoms with E-state index in [4.69, 9.17) is 10.5 Å². The number of hydrogen-bond donors (Lipinski definition) is 1. The molecule has 1 aromatic heterocycles. The number of rotatable bonds is 0. The molecule has 0 radical (unpaired) electrons. The molecule has 0 bridgehead atoms. The summed E-state index contributed by atoms with van der Waals surface area (Å²) in [5.74, 6) is 0.602. The monoisotopic (exact) mass is 181 g/mol. The number of nitrogens with zero attached hydrogens (tertiary/aromatic N) is 2. The summed E-state index contributed by atoms with van der Waals surface area (Å²) in [7, 11) is 0. The fraction of sp³-hybridized carbons (Fsp3) is 0.667. The first-order valence-electron chi connectivity index (χ1n) is 4.51. The van der Waals surface area contributed by atoms with E-state index in [0.717, 1.165) is 19.8 Å². The zero-order valence-electron chi connectivity index (χ0n) is 8.08. The Kier molecular flexibility index (Phi) is 1.80. The average Bonchev–Trinajstić information content (AvgIpc) is 2.36. The molecule has 4 nitrogen and oxygen atoms in total. The van der Waals surface area contributed by atoms with Gasteiger partial charge in [-0.15, -0.1) is 0 Å². The summed E-state index contributed by atoms with van der Waals surface area (Å²) < 4.78 is 7.44. The third kappa shape index (κ3) is 1.42. The Bertz CT molecular complexity index is 317. The van der Waals surface area contributed by atoms with E-state index in [9.17, 15) is 0 Å². The zero-order chi connectivity index (χ0) is 9.47. The highest BCUT2D eigenvalue weighted by molar-refractivity contribution is 5.33. The Morgan fingerprint density at radius 3 is 3.15 bits per heavy atom. The molecule has 0 saturated carbocycles. The summed E-state index contributed by atoms with van der Waals surface area (Å²) in [6.45, 7) is 6.54. The van der Waals surface area contributed by atoms with Gasteiger partial charge in [0.1, 0.15) is 5.82 Å². The van der Waals surface area contributed by atoms with Crippen LogP contribution in [0.15, 0.2) is 6.07 Å². The van der Waals surface area contributed by atoms with Gasteiger partial charge in [0.05, 0.1) is 19.8 Å². The van der Waals surface area contributed by atoms with Crippen LogP contribution >= 0.6 is 0 Å². The number of ether oxygens (including phenoxy) is 1. The molecule has 13 heavy (non-hydrogen) atoms. The topological polar surface area (TPSA) is 53.1 Å². The van der Waals surface area contributed by atoms with Crippen molar-refractivity contribution in [3.05, 3.63) is 11.8 Å². The molecule has 0 saturated heterocycles. The van der Waals surface area contributed by atoms with Crippen molar-refractivity contribution in [1.29, 1.82) is 0 Å². The van der Waals surface area contributed by atoms with Crippen molar-refractivity contribution in [2.45, 2.75) is 25.8 Å². The van der Waals surface area contributed by atoms with Crippen LogP contribution in [0.2, 0.25) is 0 Å². The highest BCUT2D eigenvalue weighted by atomic mass is 16.5. The normalized spacial score (nSPS) is 20.8. The summed E-state index contributed by atoms with van der Waals surface area (Å²) in [4.78, 5) is 0. The second-order valence-corrected chi connectivity index (χ2v) is 4.11. The van der Waals surface area contributed by atoms with Gasteiger partial charge in [-0.3, -0.25) is 4.68 Å². The smallest absolute Gasteiger partial charge is 0.145 e. The Hall–Kier alpha value is -1.03. The molecule has 0 amide bonds. The molecule has 0 spiro atoms. The van der Waals surface area contributed by atoms with Crippen LogP contribution in [0.1, 0.15) is 19.5 Å². The molecule has 0 fully saturated rings. The average molecular weight is 181 g/mol. The van der Waals surface area contributed by atoms with Crippen molar-refractivity contribution < 1.29 is 4.74 Å². The molecular weight excluding hydrogens is 166 g/mol. The van der Waals surface area contributed by atoms with Crippen molar-refractivity contribution in [2.75, 3.05) is 18.9 Å². The molecule has 1 aliphatic heterocycles. The van der Waals surface area contributed by atoms with E-state index < -0.39 is 0 Å². The largest absolute Gasteiger partial charge is 0.382 e. The predicted octanol–water partition coefficient (Wildman–Crippen LogP) is 0.773. The molecule has 1 aliphatic rings. The van der Waals surface area contributed by atoms with Gasteiger partial charge < -0.3 is 10.5 Å². The van der Waals surface area contributed by atoms with E-state index in [0.29, 0.717) is 5.82 Å². The molecule has 1 aromatic rings. The van der Waals surface area contributed by atoms with Gasteiger partial charge in [0.2, 0.25) is 0 Å². The lowest BCUT2D eigenvalue weighted by molar-refractivity contribution is 0.103. The number of fused-ring (bicyclic) bond motifs is 1. The van der Waals surface area contributed by atoms with Gasteiger partial charge in [0.25, 0.3) is 0 Å². The van der Waals surface area contributed by atoms with Crippen LogP contribution in [0.3, 0.4) is 0 Å². The van der Waals surface area contributed by atoms with E-state index in [2.05, 4.69) is 18.9 Å². The lowest BCUT2D eigenvalue weighted by Gasteiger charge is -2.21. The summed E-state index contributed by atoms with van der Waals surface area (Å²) in [6.07, 6.45) is 0. The third-order valence-electron chi connectivity index (χ3n) is 2.40. The van der Waals surface area contributed by atoms with Crippen LogP contribution in [0.25, 0.3) is 0 Å². The van der Waals surface area contributed by atoms with Crippen molar-refractivity contribution >= 4 is 5.82 Å². The van der Waals surface area contributed by atoms with Crippen molar-refractivity contribution in [2.24, 2.45) is 0 Å². The summed E-state index contributed by atoms with van der Waals surface area (Å²) in [5.41, 5.74) is 6.84. The van der Waals surface area contributed by atoms with E-state index in [1.807, 2.05) is 10.7 Å². The Morgan fingerprint density at radius 2 is 2.38 bits per heavy atom. The lowest BCUT2D eigenvalue weighted by atomic mass is 9.90. The SMILES string of the molecule is CC1(C)COCCn2nc(N)cc21. The minimum Gasteiger partial charge on any atom is -0.382 e. The molecule has 2 heterocycles. The summed E-state index contributed by atoms with van der Waals surface area (Å²) in [6, 6.07) is 1.94. The second kappa shape index (κ2) is 2.73. The number of nitrogen functional groups attached to an aromatic ring is 1. The maximum absolute atomic E-state index is 5.66. The molecule has 0 atom stereocenters. The maximum atomic E-state index is 5.66. The standard InChI is InChI=1S/C9H15N3O/c1-9(2)6-13-4-3-12-7(9)5-8(10)11-12/h5H,3-4,6H2,1-2H3,(H2,10,11). The van der Waals surface area contributed by atoms with Crippen LogP contribution in [0, 0.1) is 0 Å². The first-order chi connectivity index (χ1) is 6.09. The van der Waals surface area contributed by atoms with Gasteiger partial charge in [0, 0.05) is 17.2 Å². The van der Waals surface area contributed by atoms with Crippen LogP contribution in [-0.4, -0.2) is 23.0 Å². The fourth-order valence-electron chi connectivity index (χ4n) is 1.70. The fourth-order valence-corrected chi connectivity index (χ4v) is 1.70. The quantitative estimate of drug-likeness (QED) is 0.643. The van der Waals surface area contributed by atoms with Crippen LogP contribution in [-0.2, 0) is 16.7 Å². The zero-order valence-corrected chi connectivity index (χ0v) is 8.08. The highest BCUT2D eigenvalue weighted by Crippen LogP contribution is 2.26. The van der Waals surface area contributed by atoms with Crippen LogP contribution in [0.4, 0.5) is 5.82 Å². The minimum atomic E-state index is 0.0150. The van der Waals surface area contributed by atoms with Crippen LogP contribution < -0.4 is 5.73 Å². The lowest BCUT2D eigenvalue weighted by Crippen LogP contribution is -2.24. The molecule has 2 rings (SSSR count).